The number of sulfone groups is 1. The molecule has 1 aromatic carbocycles. The van der Waals surface area contributed by atoms with Crippen molar-refractivity contribution in [2.75, 3.05) is 12.5 Å². The highest BCUT2D eigenvalue weighted by Gasteiger charge is 2.39. The van der Waals surface area contributed by atoms with Crippen LogP contribution in [0, 0.1) is 0 Å². The van der Waals surface area contributed by atoms with Crippen molar-refractivity contribution in [1.29, 1.82) is 0 Å². The Morgan fingerprint density at radius 1 is 1.36 bits per heavy atom. The van der Waals surface area contributed by atoms with Crippen LogP contribution in [0.2, 0.25) is 0 Å². The van der Waals surface area contributed by atoms with E-state index in [2.05, 4.69) is 5.16 Å². The van der Waals surface area contributed by atoms with Crippen LogP contribution in [0.25, 0.3) is 0 Å². The van der Waals surface area contributed by atoms with Crippen LogP contribution in [-0.2, 0) is 31.8 Å². The van der Waals surface area contributed by atoms with Crippen molar-refractivity contribution in [2.45, 2.75) is 38.2 Å². The monoisotopic (exact) mass is 345 g/mol. The summed E-state index contributed by atoms with van der Waals surface area (Å²) in [5, 5.41) is 3.79. The Balaban J connectivity index is 2.17. The molecule has 1 aromatic rings. The van der Waals surface area contributed by atoms with Crippen molar-refractivity contribution in [2.24, 2.45) is 5.16 Å². The van der Waals surface area contributed by atoms with Gasteiger partial charge in [-0.3, -0.25) is 0 Å². The summed E-state index contributed by atoms with van der Waals surface area (Å²) in [5.41, 5.74) is 0.847. The second kappa shape index (κ2) is 6.98. The number of benzene rings is 1. The second-order valence-corrected chi connectivity index (χ2v) is 7.76. The zero-order valence-electron chi connectivity index (χ0n) is 12.7. The molecule has 0 spiro atoms. The van der Waals surface area contributed by atoms with Gasteiger partial charge in [-0.15, -0.1) is 11.6 Å². The predicted octanol–water partition coefficient (Wildman–Crippen LogP) is 2.87. The molecule has 1 aliphatic heterocycles. The molecule has 1 unspecified atom stereocenters. The fraction of sp³-hybridized carbons (Fsp3) is 0.533. The van der Waals surface area contributed by atoms with Crippen molar-refractivity contribution in [3.05, 3.63) is 35.4 Å². The van der Waals surface area contributed by atoms with Gasteiger partial charge < -0.3 is 9.57 Å². The number of halogens is 1. The zero-order valence-corrected chi connectivity index (χ0v) is 14.3. The van der Waals surface area contributed by atoms with Gasteiger partial charge >= 0.3 is 0 Å². The number of rotatable bonds is 6. The van der Waals surface area contributed by atoms with Gasteiger partial charge in [0.15, 0.2) is 20.5 Å². The summed E-state index contributed by atoms with van der Waals surface area (Å²) in [6.07, 6.45) is 0.201. The van der Waals surface area contributed by atoms with Gasteiger partial charge in [0.2, 0.25) is 0 Å². The van der Waals surface area contributed by atoms with Gasteiger partial charge in [-0.05, 0) is 25.0 Å². The standard InChI is InChI=1S/C15H20ClNO4S/c1-3-20-9-12-6-4-5-7-13(12)10-22(18,19)14-8-15(2,11-16)21-17-14/h4-7H,3,8-11H2,1-2H3. The van der Waals surface area contributed by atoms with E-state index in [4.69, 9.17) is 21.2 Å². The van der Waals surface area contributed by atoms with E-state index in [-0.39, 0.29) is 23.1 Å². The lowest BCUT2D eigenvalue weighted by Crippen LogP contribution is -2.28. The lowest BCUT2D eigenvalue weighted by molar-refractivity contribution is 0.0152. The molecule has 7 heteroatoms. The summed E-state index contributed by atoms with van der Waals surface area (Å²) in [7, 11) is -3.53. The van der Waals surface area contributed by atoms with E-state index >= 15 is 0 Å². The summed E-state index contributed by atoms with van der Waals surface area (Å²) >= 11 is 5.80. The van der Waals surface area contributed by atoms with Crippen LogP contribution in [0.4, 0.5) is 0 Å². The van der Waals surface area contributed by atoms with Crippen molar-refractivity contribution >= 4 is 26.5 Å². The van der Waals surface area contributed by atoms with Gasteiger partial charge in [-0.1, -0.05) is 29.4 Å². The van der Waals surface area contributed by atoms with Gasteiger partial charge in [0.25, 0.3) is 0 Å². The first-order valence-electron chi connectivity index (χ1n) is 7.08. The first-order chi connectivity index (χ1) is 10.4. The molecular formula is C15H20ClNO4S. The summed E-state index contributed by atoms with van der Waals surface area (Å²) in [6.45, 7) is 4.62. The highest BCUT2D eigenvalue weighted by atomic mass is 35.5. The fourth-order valence-corrected chi connectivity index (χ4v) is 3.80. The molecule has 122 valence electrons. The van der Waals surface area contributed by atoms with Gasteiger partial charge in [0.1, 0.15) is 0 Å². The molecule has 0 radical (unpaired) electrons. The highest BCUT2D eigenvalue weighted by molar-refractivity contribution is 8.05. The Bertz CT molecular complexity index is 659. The summed E-state index contributed by atoms with van der Waals surface area (Å²) in [5.74, 6) is 0.0766. The molecule has 0 N–H and O–H groups in total. The van der Waals surface area contributed by atoms with Crippen LogP contribution >= 0.6 is 11.6 Å². The third-order valence-corrected chi connectivity index (χ3v) is 5.65. The van der Waals surface area contributed by atoms with Gasteiger partial charge in [-0.2, -0.15) is 0 Å². The lowest BCUT2D eigenvalue weighted by Gasteiger charge is -2.16. The Morgan fingerprint density at radius 3 is 2.64 bits per heavy atom. The molecule has 0 saturated carbocycles. The molecule has 0 aromatic heterocycles. The van der Waals surface area contributed by atoms with Gasteiger partial charge in [-0.25, -0.2) is 8.42 Å². The molecule has 22 heavy (non-hydrogen) atoms. The zero-order chi connectivity index (χ0) is 16.2. The Hall–Kier alpha value is -1.11. The number of hydrogen-bond donors (Lipinski definition) is 0. The molecule has 0 aliphatic carbocycles. The van der Waals surface area contributed by atoms with E-state index in [0.717, 1.165) is 11.1 Å². The summed E-state index contributed by atoms with van der Waals surface area (Å²) in [6, 6.07) is 7.35. The van der Waals surface area contributed by atoms with E-state index in [1.807, 2.05) is 25.1 Å². The molecule has 0 bridgehead atoms. The average molecular weight is 346 g/mol. The number of hydrogen-bond acceptors (Lipinski definition) is 5. The van der Waals surface area contributed by atoms with Gasteiger partial charge in [0, 0.05) is 13.0 Å². The maximum Gasteiger partial charge on any atom is 0.199 e. The molecule has 0 fully saturated rings. The van der Waals surface area contributed by atoms with Crippen LogP contribution in [-0.4, -0.2) is 31.5 Å². The number of ether oxygens (including phenoxy) is 1. The van der Waals surface area contributed by atoms with Crippen molar-refractivity contribution in [3.63, 3.8) is 0 Å². The number of oxime groups is 1. The minimum atomic E-state index is -3.53. The molecule has 5 nitrogen and oxygen atoms in total. The third-order valence-electron chi connectivity index (χ3n) is 3.46. The van der Waals surface area contributed by atoms with E-state index in [9.17, 15) is 8.42 Å². The molecule has 0 saturated heterocycles. The first-order valence-corrected chi connectivity index (χ1v) is 9.27. The quantitative estimate of drug-likeness (QED) is 0.744. The van der Waals surface area contributed by atoms with Crippen molar-refractivity contribution in [3.8, 4) is 0 Å². The summed E-state index contributed by atoms with van der Waals surface area (Å²) < 4.78 is 30.5. The molecular weight excluding hydrogens is 326 g/mol. The largest absolute Gasteiger partial charge is 0.387 e. The predicted molar refractivity (Wildman–Crippen MR) is 86.7 cm³/mol. The number of nitrogens with zero attached hydrogens (tertiary/aromatic N) is 1. The molecule has 1 aliphatic rings. The topological polar surface area (TPSA) is 65.0 Å². The van der Waals surface area contributed by atoms with Crippen molar-refractivity contribution in [1.82, 2.24) is 0 Å². The Kier molecular flexibility index (Phi) is 5.47. The van der Waals surface area contributed by atoms with E-state index in [1.54, 1.807) is 13.0 Å². The normalized spacial score (nSPS) is 21.5. The second-order valence-electron chi connectivity index (χ2n) is 5.50. The van der Waals surface area contributed by atoms with E-state index in [1.165, 1.54) is 0 Å². The minimum absolute atomic E-state index is 0.0573. The maximum absolute atomic E-state index is 12.5. The summed E-state index contributed by atoms with van der Waals surface area (Å²) in [4.78, 5) is 5.17. The molecule has 1 heterocycles. The maximum atomic E-state index is 12.5. The number of alkyl halides is 1. The lowest BCUT2D eigenvalue weighted by atomic mass is 10.1. The van der Waals surface area contributed by atoms with Crippen molar-refractivity contribution < 1.29 is 18.0 Å². The minimum Gasteiger partial charge on any atom is -0.387 e. The van der Waals surface area contributed by atoms with E-state index in [0.29, 0.717) is 13.2 Å². The highest BCUT2D eigenvalue weighted by Crippen LogP contribution is 2.28. The van der Waals surface area contributed by atoms with Crippen LogP contribution in [0.15, 0.2) is 29.4 Å². The molecule has 1 atom stereocenters. The SMILES string of the molecule is CCOCc1ccccc1CS(=O)(=O)C1=NOC(C)(CCl)C1. The molecule has 2 rings (SSSR count). The Labute approximate surface area is 136 Å². The first kappa shape index (κ1) is 17.2. The van der Waals surface area contributed by atoms with Gasteiger partial charge in [0.05, 0.1) is 18.2 Å². The average Bonchev–Trinajstić information content (AvgIpc) is 2.90. The van der Waals surface area contributed by atoms with Crippen LogP contribution in [0.3, 0.4) is 0 Å². The fourth-order valence-electron chi connectivity index (χ4n) is 2.12. The van der Waals surface area contributed by atoms with Crippen LogP contribution in [0.5, 0.6) is 0 Å². The van der Waals surface area contributed by atoms with Crippen LogP contribution in [0.1, 0.15) is 31.4 Å². The van der Waals surface area contributed by atoms with Crippen LogP contribution < -0.4 is 0 Å². The molecule has 0 amide bonds. The smallest absolute Gasteiger partial charge is 0.199 e. The van der Waals surface area contributed by atoms with E-state index < -0.39 is 15.4 Å². The Morgan fingerprint density at radius 2 is 2.05 bits per heavy atom. The third kappa shape index (κ3) is 4.00.